The molecule has 1 heterocycles. The fourth-order valence-corrected chi connectivity index (χ4v) is 3.58. The van der Waals surface area contributed by atoms with E-state index in [1.165, 1.54) is 48.7 Å². The van der Waals surface area contributed by atoms with E-state index in [0.29, 0.717) is 12.1 Å². The summed E-state index contributed by atoms with van der Waals surface area (Å²) >= 11 is 3.52. The molecule has 0 aromatic heterocycles. The van der Waals surface area contributed by atoms with Crippen LogP contribution in [0.15, 0.2) is 40.9 Å². The largest absolute Gasteiger partial charge is 0.383 e. The minimum absolute atomic E-state index is 0.494. The van der Waals surface area contributed by atoms with Gasteiger partial charge in [-0.15, -0.1) is 0 Å². The van der Waals surface area contributed by atoms with Crippen LogP contribution in [0.2, 0.25) is 0 Å². The molecule has 0 amide bonds. The van der Waals surface area contributed by atoms with E-state index in [1.807, 2.05) is 0 Å². The van der Waals surface area contributed by atoms with E-state index in [-0.39, 0.29) is 0 Å². The highest BCUT2D eigenvalue weighted by Crippen LogP contribution is 2.24. The molecule has 2 aromatic carbocycles. The highest BCUT2D eigenvalue weighted by atomic mass is 79.9. The molecule has 0 spiro atoms. The number of anilines is 1. The standard InChI is InChI=1S/C18H23BrN2/c1-13(10-17-4-2-3-9-20-17)21-18-8-6-14-11-16(19)7-5-15(14)12-18/h5-8,11-13,17,20-21H,2-4,9-10H2,1H3. The molecular weight excluding hydrogens is 324 g/mol. The zero-order valence-electron chi connectivity index (χ0n) is 12.5. The van der Waals surface area contributed by atoms with Crippen molar-refractivity contribution in [3.63, 3.8) is 0 Å². The first-order chi connectivity index (χ1) is 10.2. The van der Waals surface area contributed by atoms with E-state index in [0.717, 1.165) is 4.47 Å². The highest BCUT2D eigenvalue weighted by Gasteiger charge is 2.15. The van der Waals surface area contributed by atoms with Gasteiger partial charge < -0.3 is 10.6 Å². The Morgan fingerprint density at radius 2 is 2.00 bits per heavy atom. The predicted molar refractivity (Wildman–Crippen MR) is 95.0 cm³/mol. The molecule has 0 bridgehead atoms. The van der Waals surface area contributed by atoms with Crippen LogP contribution >= 0.6 is 15.9 Å². The summed E-state index contributed by atoms with van der Waals surface area (Å²) in [6.45, 7) is 3.46. The molecule has 2 aromatic rings. The first-order valence-corrected chi connectivity index (χ1v) is 8.69. The zero-order chi connectivity index (χ0) is 14.7. The number of fused-ring (bicyclic) bond motifs is 1. The summed E-state index contributed by atoms with van der Waals surface area (Å²) < 4.78 is 1.13. The van der Waals surface area contributed by atoms with E-state index in [9.17, 15) is 0 Å². The van der Waals surface area contributed by atoms with E-state index >= 15 is 0 Å². The minimum Gasteiger partial charge on any atom is -0.383 e. The molecule has 2 nitrogen and oxygen atoms in total. The van der Waals surface area contributed by atoms with Crippen molar-refractivity contribution in [2.75, 3.05) is 11.9 Å². The highest BCUT2D eigenvalue weighted by molar-refractivity contribution is 9.10. The lowest BCUT2D eigenvalue weighted by Gasteiger charge is -2.27. The number of piperidine rings is 1. The fraction of sp³-hybridized carbons (Fsp3) is 0.444. The zero-order valence-corrected chi connectivity index (χ0v) is 14.1. The molecular formula is C18H23BrN2. The van der Waals surface area contributed by atoms with Crippen LogP contribution in [0.3, 0.4) is 0 Å². The Bertz CT molecular complexity index is 605. The second-order valence-corrected chi connectivity index (χ2v) is 7.05. The molecule has 21 heavy (non-hydrogen) atoms. The van der Waals surface area contributed by atoms with Gasteiger partial charge in [0, 0.05) is 22.2 Å². The Morgan fingerprint density at radius 3 is 2.81 bits per heavy atom. The number of rotatable bonds is 4. The lowest BCUT2D eigenvalue weighted by Crippen LogP contribution is -2.37. The van der Waals surface area contributed by atoms with Crippen molar-refractivity contribution in [1.82, 2.24) is 5.32 Å². The molecule has 1 fully saturated rings. The molecule has 1 saturated heterocycles. The van der Waals surface area contributed by atoms with Crippen molar-refractivity contribution >= 4 is 32.4 Å². The third-order valence-electron chi connectivity index (χ3n) is 4.27. The molecule has 2 atom stereocenters. The predicted octanol–water partition coefficient (Wildman–Crippen LogP) is 4.93. The average Bonchev–Trinajstić information content (AvgIpc) is 2.48. The summed E-state index contributed by atoms with van der Waals surface area (Å²) in [4.78, 5) is 0. The Balaban J connectivity index is 1.65. The quantitative estimate of drug-likeness (QED) is 0.819. The Kier molecular flexibility index (Phi) is 4.81. The molecule has 3 rings (SSSR count). The molecule has 1 aliphatic rings. The number of hydrogen-bond donors (Lipinski definition) is 2. The summed E-state index contributed by atoms with van der Waals surface area (Å²) in [6, 6.07) is 14.2. The van der Waals surface area contributed by atoms with Crippen LogP contribution in [0.25, 0.3) is 10.8 Å². The van der Waals surface area contributed by atoms with Gasteiger partial charge in [-0.2, -0.15) is 0 Å². The van der Waals surface area contributed by atoms with Gasteiger partial charge in [-0.25, -0.2) is 0 Å². The molecule has 0 radical (unpaired) electrons. The lowest BCUT2D eigenvalue weighted by molar-refractivity contribution is 0.371. The Morgan fingerprint density at radius 1 is 1.19 bits per heavy atom. The van der Waals surface area contributed by atoms with E-state index in [2.05, 4.69) is 69.9 Å². The molecule has 0 saturated carbocycles. The van der Waals surface area contributed by atoms with Crippen LogP contribution in [0, 0.1) is 0 Å². The first kappa shape index (κ1) is 14.9. The van der Waals surface area contributed by atoms with Gasteiger partial charge in [0.1, 0.15) is 0 Å². The van der Waals surface area contributed by atoms with Gasteiger partial charge in [-0.1, -0.05) is 34.5 Å². The maximum absolute atomic E-state index is 3.64. The van der Waals surface area contributed by atoms with E-state index in [1.54, 1.807) is 0 Å². The second kappa shape index (κ2) is 6.80. The van der Waals surface area contributed by atoms with Gasteiger partial charge in [0.2, 0.25) is 0 Å². The van der Waals surface area contributed by atoms with Gasteiger partial charge in [0.15, 0.2) is 0 Å². The van der Waals surface area contributed by atoms with Crippen LogP contribution < -0.4 is 10.6 Å². The van der Waals surface area contributed by atoms with Gasteiger partial charge >= 0.3 is 0 Å². The molecule has 112 valence electrons. The molecule has 1 aliphatic heterocycles. The molecule has 2 N–H and O–H groups in total. The summed E-state index contributed by atoms with van der Waals surface area (Å²) in [6.07, 6.45) is 5.21. The van der Waals surface area contributed by atoms with Gasteiger partial charge in [0.05, 0.1) is 0 Å². The average molecular weight is 347 g/mol. The lowest BCUT2D eigenvalue weighted by atomic mass is 9.98. The van der Waals surface area contributed by atoms with Gasteiger partial charge in [-0.05, 0) is 67.8 Å². The minimum atomic E-state index is 0.494. The first-order valence-electron chi connectivity index (χ1n) is 7.90. The van der Waals surface area contributed by atoms with Crippen LogP contribution in [0.5, 0.6) is 0 Å². The van der Waals surface area contributed by atoms with Gasteiger partial charge in [-0.3, -0.25) is 0 Å². The Hall–Kier alpha value is -1.06. The number of benzene rings is 2. The Labute approximate surface area is 135 Å². The SMILES string of the molecule is CC(CC1CCCCN1)Nc1ccc2cc(Br)ccc2c1. The van der Waals surface area contributed by atoms with Crippen molar-refractivity contribution < 1.29 is 0 Å². The van der Waals surface area contributed by atoms with Crippen molar-refractivity contribution in [2.24, 2.45) is 0 Å². The monoisotopic (exact) mass is 346 g/mol. The van der Waals surface area contributed by atoms with E-state index < -0.39 is 0 Å². The second-order valence-electron chi connectivity index (χ2n) is 6.13. The summed E-state index contributed by atoms with van der Waals surface area (Å²) in [5.41, 5.74) is 1.22. The fourth-order valence-electron chi connectivity index (χ4n) is 3.20. The maximum Gasteiger partial charge on any atom is 0.0348 e. The topological polar surface area (TPSA) is 24.1 Å². The normalized spacial score (nSPS) is 20.4. The van der Waals surface area contributed by atoms with Crippen molar-refractivity contribution in [3.05, 3.63) is 40.9 Å². The van der Waals surface area contributed by atoms with Crippen LogP contribution in [0.1, 0.15) is 32.6 Å². The smallest absolute Gasteiger partial charge is 0.0348 e. The van der Waals surface area contributed by atoms with Crippen molar-refractivity contribution in [1.29, 1.82) is 0 Å². The van der Waals surface area contributed by atoms with Crippen molar-refractivity contribution in [2.45, 2.75) is 44.7 Å². The molecule has 0 aliphatic carbocycles. The number of hydrogen-bond acceptors (Lipinski definition) is 2. The third kappa shape index (κ3) is 3.98. The molecule has 3 heteroatoms. The summed E-state index contributed by atoms with van der Waals surface area (Å²) in [5, 5.41) is 9.83. The number of halogens is 1. The van der Waals surface area contributed by atoms with Crippen LogP contribution in [-0.2, 0) is 0 Å². The van der Waals surface area contributed by atoms with Crippen LogP contribution in [0.4, 0.5) is 5.69 Å². The molecule has 2 unspecified atom stereocenters. The summed E-state index contributed by atoms with van der Waals surface area (Å²) in [7, 11) is 0. The van der Waals surface area contributed by atoms with Crippen LogP contribution in [-0.4, -0.2) is 18.6 Å². The maximum atomic E-state index is 3.64. The number of nitrogens with one attached hydrogen (secondary N) is 2. The van der Waals surface area contributed by atoms with Crippen molar-refractivity contribution in [3.8, 4) is 0 Å². The van der Waals surface area contributed by atoms with E-state index in [4.69, 9.17) is 0 Å². The van der Waals surface area contributed by atoms with Gasteiger partial charge in [0.25, 0.3) is 0 Å². The summed E-state index contributed by atoms with van der Waals surface area (Å²) in [5.74, 6) is 0. The third-order valence-corrected chi connectivity index (χ3v) is 4.76.